The molecule has 0 bridgehead atoms. The van der Waals surface area contributed by atoms with Gasteiger partial charge in [0.2, 0.25) is 0 Å². The van der Waals surface area contributed by atoms with Crippen molar-refractivity contribution in [2.24, 2.45) is 0 Å². The summed E-state index contributed by atoms with van der Waals surface area (Å²) in [5.74, 6) is 0. The van der Waals surface area contributed by atoms with E-state index in [-0.39, 0.29) is 0 Å². The van der Waals surface area contributed by atoms with Gasteiger partial charge in [-0.25, -0.2) is 0 Å². The second-order valence-corrected chi connectivity index (χ2v) is 11.4. The Morgan fingerprint density at radius 3 is 1.09 bits per heavy atom. The minimum atomic E-state index is -2.01. The molecule has 4 rings (SSSR count). The van der Waals surface area contributed by atoms with Crippen molar-refractivity contribution in [3.63, 3.8) is 0 Å². The van der Waals surface area contributed by atoms with Crippen molar-refractivity contribution in [2.45, 2.75) is 129 Å². The van der Waals surface area contributed by atoms with Crippen molar-refractivity contribution in [3.8, 4) is 0 Å². The summed E-state index contributed by atoms with van der Waals surface area (Å²) in [6.45, 7) is -2.15. The van der Waals surface area contributed by atoms with E-state index in [9.17, 15) is 76.6 Å². The first-order valence-corrected chi connectivity index (χ1v) is 14.1. The fraction of sp³-hybridized carbons (Fsp3) is 1.00. The Morgan fingerprint density at radius 1 is 0.356 bits per heavy atom. The third-order valence-electron chi connectivity index (χ3n) is 8.40. The maximum Gasteiger partial charge on any atom is 0.187 e. The van der Waals surface area contributed by atoms with Crippen LogP contribution >= 0.6 is 0 Å². The standard InChI is InChI=1S/C24H42O21/c25-1-4-7(26)10(29)18(37)22(42-4)40-2-5-8(27)11(30)19(38)23(43-5)41-3-6-9(28)12(31)20(39)24(44-6)45-21-16(35)14(33)13(32)15(34)17(21)36/h4-39H,1-3H2/t4?,5?,6?,7-,8-,9-,10?,11?,12?,13?,14+,15?,16?,17-,18?,19?,20?,21?,22-,23-,24+/m0/s1. The predicted octanol–water partition coefficient (Wildman–Crippen LogP) is -10.4. The number of hydrogen-bond donors (Lipinski definition) is 15. The van der Waals surface area contributed by atoms with E-state index in [1.54, 1.807) is 0 Å². The average Bonchev–Trinajstić information content (AvgIpc) is 3.03. The molecule has 4 aliphatic rings. The molecule has 0 aromatic rings. The molecular weight excluding hydrogens is 624 g/mol. The third-order valence-corrected chi connectivity index (χ3v) is 8.40. The lowest BCUT2D eigenvalue weighted by Gasteiger charge is -2.46. The molecule has 15 N–H and O–H groups in total. The van der Waals surface area contributed by atoms with Gasteiger partial charge in [-0.1, -0.05) is 0 Å². The Balaban J connectivity index is 1.38. The van der Waals surface area contributed by atoms with Gasteiger partial charge < -0.3 is 105 Å². The van der Waals surface area contributed by atoms with Crippen LogP contribution in [0.15, 0.2) is 0 Å². The molecule has 13 unspecified atom stereocenters. The molecule has 3 saturated heterocycles. The number of rotatable bonds is 9. The SMILES string of the molecule is OCC1O[C@H](OCC2O[C@H](OCC3O[C@H](OC4C(O)[C@H](O)C(O)C(O)[C@@H]4O)C(O)C(O)[C@H]3O)C(O)C(O)[C@H]2O)C(O)C(O)[C@H]1O. The first kappa shape index (κ1) is 37.0. The summed E-state index contributed by atoms with van der Waals surface area (Å²) in [4.78, 5) is 0. The number of hydrogen-bond acceptors (Lipinski definition) is 21. The summed E-state index contributed by atoms with van der Waals surface area (Å²) in [5, 5.41) is 152. The average molecular weight is 667 g/mol. The fourth-order valence-corrected chi connectivity index (χ4v) is 5.46. The predicted molar refractivity (Wildman–Crippen MR) is 134 cm³/mol. The normalized spacial score (nSPS) is 54.6. The molecule has 0 radical (unpaired) electrons. The van der Waals surface area contributed by atoms with E-state index >= 15 is 0 Å². The zero-order chi connectivity index (χ0) is 33.5. The molecule has 1 saturated carbocycles. The van der Waals surface area contributed by atoms with Crippen molar-refractivity contribution < 1.29 is 105 Å². The molecule has 21 heteroatoms. The number of ether oxygens (including phenoxy) is 6. The molecular formula is C24H42O21. The van der Waals surface area contributed by atoms with Gasteiger partial charge in [-0.2, -0.15) is 0 Å². The van der Waals surface area contributed by atoms with Crippen LogP contribution in [-0.2, 0) is 28.4 Å². The second kappa shape index (κ2) is 15.1. The van der Waals surface area contributed by atoms with E-state index in [2.05, 4.69) is 0 Å². The molecule has 3 heterocycles. The van der Waals surface area contributed by atoms with Crippen LogP contribution in [0.3, 0.4) is 0 Å². The summed E-state index contributed by atoms with van der Waals surface area (Å²) in [6, 6.07) is 0. The maximum atomic E-state index is 10.4. The Morgan fingerprint density at radius 2 is 0.667 bits per heavy atom. The molecule has 0 spiro atoms. The number of aliphatic hydroxyl groups is 15. The zero-order valence-corrected chi connectivity index (χ0v) is 23.4. The van der Waals surface area contributed by atoms with Gasteiger partial charge in [0.15, 0.2) is 18.9 Å². The van der Waals surface area contributed by atoms with Gasteiger partial charge in [0.05, 0.1) is 19.8 Å². The molecule has 264 valence electrons. The lowest BCUT2D eigenvalue weighted by Crippen LogP contribution is -2.67. The van der Waals surface area contributed by atoms with E-state index in [0.29, 0.717) is 0 Å². The largest absolute Gasteiger partial charge is 0.394 e. The van der Waals surface area contributed by atoms with Crippen LogP contribution in [0.4, 0.5) is 0 Å². The van der Waals surface area contributed by atoms with E-state index in [4.69, 9.17) is 28.4 Å². The van der Waals surface area contributed by atoms with Crippen molar-refractivity contribution in [1.82, 2.24) is 0 Å². The first-order chi connectivity index (χ1) is 21.1. The monoisotopic (exact) mass is 666 g/mol. The lowest BCUT2D eigenvalue weighted by molar-refractivity contribution is -0.354. The molecule has 4 fully saturated rings. The van der Waals surface area contributed by atoms with Crippen LogP contribution in [0.1, 0.15) is 0 Å². The quantitative estimate of drug-likeness (QED) is 0.109. The van der Waals surface area contributed by atoms with Gasteiger partial charge in [0, 0.05) is 0 Å². The van der Waals surface area contributed by atoms with E-state index in [1.165, 1.54) is 0 Å². The van der Waals surface area contributed by atoms with Crippen LogP contribution in [-0.4, -0.2) is 225 Å². The van der Waals surface area contributed by atoms with Gasteiger partial charge in [0.1, 0.15) is 110 Å². The van der Waals surface area contributed by atoms with Gasteiger partial charge in [0.25, 0.3) is 0 Å². The highest BCUT2D eigenvalue weighted by molar-refractivity contribution is 5.01. The van der Waals surface area contributed by atoms with Crippen LogP contribution in [0.25, 0.3) is 0 Å². The van der Waals surface area contributed by atoms with Gasteiger partial charge in [-0.15, -0.1) is 0 Å². The first-order valence-electron chi connectivity index (χ1n) is 14.1. The topological polar surface area (TPSA) is 359 Å². The highest BCUT2D eigenvalue weighted by Crippen LogP contribution is 2.31. The molecule has 3 aliphatic heterocycles. The summed E-state index contributed by atoms with van der Waals surface area (Å²) in [6.07, 6.45) is -38.1. The highest BCUT2D eigenvalue weighted by atomic mass is 16.7. The zero-order valence-electron chi connectivity index (χ0n) is 23.4. The summed E-state index contributed by atoms with van der Waals surface area (Å²) >= 11 is 0. The minimum absolute atomic E-state index is 0.657. The molecule has 45 heavy (non-hydrogen) atoms. The van der Waals surface area contributed by atoms with Crippen LogP contribution in [0.5, 0.6) is 0 Å². The summed E-state index contributed by atoms with van der Waals surface area (Å²) < 4.78 is 32.1. The van der Waals surface area contributed by atoms with Gasteiger partial charge >= 0.3 is 0 Å². The molecule has 21 nitrogen and oxygen atoms in total. The van der Waals surface area contributed by atoms with Crippen molar-refractivity contribution >= 4 is 0 Å². The summed E-state index contributed by atoms with van der Waals surface area (Å²) in [7, 11) is 0. The lowest BCUT2D eigenvalue weighted by atomic mass is 9.84. The smallest absolute Gasteiger partial charge is 0.187 e. The van der Waals surface area contributed by atoms with Crippen molar-refractivity contribution in [1.29, 1.82) is 0 Å². The highest BCUT2D eigenvalue weighted by Gasteiger charge is 2.53. The second-order valence-electron chi connectivity index (χ2n) is 11.4. The fourth-order valence-electron chi connectivity index (χ4n) is 5.46. The Bertz CT molecular complexity index is 915. The molecule has 21 atom stereocenters. The van der Waals surface area contributed by atoms with Crippen LogP contribution in [0.2, 0.25) is 0 Å². The van der Waals surface area contributed by atoms with Crippen LogP contribution in [0, 0.1) is 0 Å². The van der Waals surface area contributed by atoms with Crippen LogP contribution < -0.4 is 0 Å². The molecule has 1 aliphatic carbocycles. The Kier molecular flexibility index (Phi) is 12.5. The Hall–Kier alpha value is -0.840. The van der Waals surface area contributed by atoms with Crippen molar-refractivity contribution in [2.75, 3.05) is 19.8 Å². The number of aliphatic hydroxyl groups excluding tert-OH is 15. The van der Waals surface area contributed by atoms with E-state index < -0.39 is 149 Å². The van der Waals surface area contributed by atoms with Gasteiger partial charge in [-0.3, -0.25) is 0 Å². The molecule has 0 amide bonds. The van der Waals surface area contributed by atoms with E-state index in [0.717, 1.165) is 0 Å². The summed E-state index contributed by atoms with van der Waals surface area (Å²) in [5.41, 5.74) is 0. The maximum absolute atomic E-state index is 10.4. The molecule has 0 aromatic carbocycles. The Labute approximate surface area is 254 Å². The van der Waals surface area contributed by atoms with Crippen molar-refractivity contribution in [3.05, 3.63) is 0 Å². The van der Waals surface area contributed by atoms with E-state index in [1.807, 2.05) is 0 Å². The molecule has 0 aromatic heterocycles. The third kappa shape index (κ3) is 7.44. The van der Waals surface area contributed by atoms with Gasteiger partial charge in [-0.05, 0) is 0 Å². The minimum Gasteiger partial charge on any atom is -0.394 e.